The number of H-pyrrole nitrogens is 1. The third-order valence-corrected chi connectivity index (χ3v) is 7.33. The molecule has 188 valence electrons. The minimum atomic E-state index is -0.632. The molecule has 0 spiro atoms. The van der Waals surface area contributed by atoms with E-state index in [-0.39, 0.29) is 45.7 Å². The molecule has 2 aromatic heterocycles. The van der Waals surface area contributed by atoms with Gasteiger partial charge in [-0.25, -0.2) is 0 Å². The predicted octanol–water partition coefficient (Wildman–Crippen LogP) is 2.10. The molecular formula is C26H35N5O4. The molecule has 2 unspecified atom stereocenters. The zero-order valence-corrected chi connectivity index (χ0v) is 20.9. The Balaban J connectivity index is 1.59. The quantitative estimate of drug-likeness (QED) is 0.558. The maximum atomic E-state index is 12.8. The first kappa shape index (κ1) is 24.9. The van der Waals surface area contributed by atoms with Crippen LogP contribution in [0.15, 0.2) is 28.0 Å². The van der Waals surface area contributed by atoms with Crippen LogP contribution in [0.4, 0.5) is 5.69 Å². The molecule has 0 radical (unpaired) electrons. The van der Waals surface area contributed by atoms with Crippen LogP contribution in [-0.2, 0) is 18.3 Å². The van der Waals surface area contributed by atoms with Crippen LogP contribution >= 0.6 is 0 Å². The van der Waals surface area contributed by atoms with Gasteiger partial charge in [-0.05, 0) is 60.3 Å². The number of hydrogen-bond acceptors (Lipinski definition) is 5. The third-order valence-electron chi connectivity index (χ3n) is 7.33. The molecule has 1 aliphatic heterocycles. The van der Waals surface area contributed by atoms with Gasteiger partial charge in [0.15, 0.2) is 0 Å². The van der Waals surface area contributed by atoms with Gasteiger partial charge in [-0.1, -0.05) is 20.8 Å². The van der Waals surface area contributed by atoms with Gasteiger partial charge in [-0.2, -0.15) is 0 Å². The highest BCUT2D eigenvalue weighted by molar-refractivity contribution is 6.00. The number of anilines is 1. The zero-order valence-electron chi connectivity index (χ0n) is 20.9. The van der Waals surface area contributed by atoms with Gasteiger partial charge in [0.25, 0.3) is 17.0 Å². The molecule has 0 aromatic carbocycles. The molecule has 4 rings (SSSR count). The van der Waals surface area contributed by atoms with Crippen molar-refractivity contribution in [1.29, 1.82) is 0 Å². The van der Waals surface area contributed by atoms with E-state index in [4.69, 9.17) is 5.73 Å². The second-order valence-electron chi connectivity index (χ2n) is 10.8. The summed E-state index contributed by atoms with van der Waals surface area (Å²) in [6, 6.07) is 1.82. The van der Waals surface area contributed by atoms with Crippen molar-refractivity contribution < 1.29 is 9.59 Å². The molecule has 35 heavy (non-hydrogen) atoms. The molecule has 1 fully saturated rings. The van der Waals surface area contributed by atoms with E-state index < -0.39 is 5.91 Å². The number of nitrogens with one attached hydrogen (secondary N) is 2. The highest BCUT2D eigenvalue weighted by Crippen LogP contribution is 2.40. The fourth-order valence-corrected chi connectivity index (χ4v) is 5.60. The van der Waals surface area contributed by atoms with Gasteiger partial charge >= 0.3 is 0 Å². The molecule has 3 heterocycles. The second-order valence-corrected chi connectivity index (χ2v) is 10.8. The Morgan fingerprint density at radius 3 is 2.71 bits per heavy atom. The van der Waals surface area contributed by atoms with Gasteiger partial charge in [0.05, 0.1) is 5.56 Å². The number of primary amides is 1. The van der Waals surface area contributed by atoms with Crippen molar-refractivity contribution in [2.75, 3.05) is 18.0 Å². The summed E-state index contributed by atoms with van der Waals surface area (Å²) in [7, 11) is 1.76. The molecule has 0 saturated carbocycles. The van der Waals surface area contributed by atoms with Crippen molar-refractivity contribution in [3.05, 3.63) is 61.4 Å². The van der Waals surface area contributed by atoms with E-state index in [1.165, 1.54) is 11.1 Å². The normalized spacial score (nSPS) is 20.1. The van der Waals surface area contributed by atoms with Crippen LogP contribution in [0.5, 0.6) is 0 Å². The second kappa shape index (κ2) is 9.45. The lowest BCUT2D eigenvalue weighted by molar-refractivity contribution is -0.117. The average molecular weight is 482 g/mol. The number of pyridine rings is 2. The summed E-state index contributed by atoms with van der Waals surface area (Å²) >= 11 is 0. The Morgan fingerprint density at radius 1 is 1.31 bits per heavy atom. The predicted molar refractivity (Wildman–Crippen MR) is 135 cm³/mol. The van der Waals surface area contributed by atoms with E-state index in [2.05, 4.69) is 24.1 Å². The Hall–Kier alpha value is -3.20. The summed E-state index contributed by atoms with van der Waals surface area (Å²) in [4.78, 5) is 53.8. The zero-order chi connectivity index (χ0) is 25.5. The Bertz CT molecular complexity index is 1280. The van der Waals surface area contributed by atoms with Gasteiger partial charge in [-0.3, -0.25) is 19.2 Å². The van der Waals surface area contributed by atoms with Gasteiger partial charge < -0.3 is 25.5 Å². The lowest BCUT2D eigenvalue weighted by atomic mass is 9.72. The number of carbonyl (C=O) groups excluding carboxylic acids is 2. The van der Waals surface area contributed by atoms with Crippen LogP contribution in [-0.4, -0.2) is 34.5 Å². The molecule has 2 amide bonds. The fraction of sp³-hybridized carbons (Fsp3) is 0.538. The van der Waals surface area contributed by atoms with Gasteiger partial charge in [0.2, 0.25) is 5.91 Å². The maximum Gasteiger partial charge on any atom is 0.272 e. The van der Waals surface area contributed by atoms with Crippen LogP contribution in [0.2, 0.25) is 0 Å². The van der Waals surface area contributed by atoms with Crippen molar-refractivity contribution >= 4 is 17.5 Å². The Morgan fingerprint density at radius 2 is 2.06 bits per heavy atom. The van der Waals surface area contributed by atoms with Gasteiger partial charge in [0.1, 0.15) is 5.69 Å². The molecule has 9 nitrogen and oxygen atoms in total. The minimum Gasteiger partial charge on any atom is -0.366 e. The summed E-state index contributed by atoms with van der Waals surface area (Å²) < 4.78 is 1.61. The number of hydrogen-bond donors (Lipinski definition) is 3. The minimum absolute atomic E-state index is 0.00825. The molecule has 1 aliphatic carbocycles. The first-order chi connectivity index (χ1) is 16.5. The molecule has 2 atom stereocenters. The van der Waals surface area contributed by atoms with Crippen molar-refractivity contribution in [2.45, 2.75) is 64.8 Å². The van der Waals surface area contributed by atoms with Crippen LogP contribution < -0.4 is 27.1 Å². The number of rotatable bonds is 7. The third kappa shape index (κ3) is 4.96. The summed E-state index contributed by atoms with van der Waals surface area (Å²) in [6.07, 6.45) is 6.76. The molecule has 4 N–H and O–H groups in total. The fourth-order valence-electron chi connectivity index (χ4n) is 5.60. The number of nitrogens with two attached hydrogens (primary N) is 1. The molecule has 9 heteroatoms. The first-order valence-corrected chi connectivity index (χ1v) is 12.3. The van der Waals surface area contributed by atoms with Crippen molar-refractivity contribution in [3.8, 4) is 0 Å². The molecule has 2 aliphatic rings. The highest BCUT2D eigenvalue weighted by Gasteiger charge is 2.33. The Kier molecular flexibility index (Phi) is 6.73. The lowest BCUT2D eigenvalue weighted by Gasteiger charge is -2.37. The van der Waals surface area contributed by atoms with Crippen LogP contribution in [0.3, 0.4) is 0 Å². The van der Waals surface area contributed by atoms with E-state index in [1.54, 1.807) is 17.7 Å². The smallest absolute Gasteiger partial charge is 0.272 e. The first-order valence-electron chi connectivity index (χ1n) is 12.3. The van der Waals surface area contributed by atoms with E-state index >= 15 is 0 Å². The van der Waals surface area contributed by atoms with Crippen LogP contribution in [0, 0.1) is 5.41 Å². The molecule has 1 saturated heterocycles. The average Bonchev–Trinajstić information content (AvgIpc) is 3.19. The molecular weight excluding hydrogens is 446 g/mol. The number of nitrogens with zero attached hydrogens (tertiary/aromatic N) is 2. The van der Waals surface area contributed by atoms with E-state index in [0.717, 1.165) is 24.0 Å². The summed E-state index contributed by atoms with van der Waals surface area (Å²) in [6.45, 7) is 7.45. The monoisotopic (exact) mass is 481 g/mol. The van der Waals surface area contributed by atoms with Crippen LogP contribution in [0.25, 0.3) is 0 Å². The number of amides is 2. The van der Waals surface area contributed by atoms with Gasteiger partial charge in [-0.15, -0.1) is 0 Å². The summed E-state index contributed by atoms with van der Waals surface area (Å²) in [5, 5.41) is 3.64. The van der Waals surface area contributed by atoms with Crippen LogP contribution in [0.1, 0.15) is 85.5 Å². The van der Waals surface area contributed by atoms with E-state index in [1.807, 2.05) is 13.1 Å². The number of aromatic nitrogens is 2. The Labute approximate surface area is 204 Å². The topological polar surface area (TPSA) is 130 Å². The van der Waals surface area contributed by atoms with Crippen molar-refractivity contribution in [3.63, 3.8) is 0 Å². The van der Waals surface area contributed by atoms with Crippen molar-refractivity contribution in [2.24, 2.45) is 18.2 Å². The summed E-state index contributed by atoms with van der Waals surface area (Å²) in [5.41, 5.74) is 8.55. The number of aromatic amines is 1. The molecule has 0 bridgehead atoms. The van der Waals surface area contributed by atoms with E-state index in [9.17, 15) is 19.2 Å². The van der Waals surface area contributed by atoms with E-state index in [0.29, 0.717) is 37.9 Å². The number of aryl methyl sites for hydroxylation is 1. The van der Waals surface area contributed by atoms with Gasteiger partial charge in [0, 0.05) is 44.5 Å². The lowest BCUT2D eigenvalue weighted by Crippen LogP contribution is -2.36. The maximum absolute atomic E-state index is 12.8. The van der Waals surface area contributed by atoms with Crippen molar-refractivity contribution in [1.82, 2.24) is 14.9 Å². The number of carbonyl (C=O) groups is 2. The standard InChI is InChI=1S/C26H35N5O4/c1-15(22-17(24(27)34)13-29-25(35)23(22)31-9-5-6-20(31)32)7-8-28-19-12-26(2,3)11-16-10-21(33)30(4)14-18(16)19/h10,13-15,19,28H,5-9,11-12H2,1-4H3,(H2,27,34)(H,29,35). The highest BCUT2D eigenvalue weighted by atomic mass is 16.2. The number of fused-ring (bicyclic) bond motifs is 1. The molecule has 2 aromatic rings. The summed E-state index contributed by atoms with van der Waals surface area (Å²) in [5.74, 6) is -0.935. The largest absolute Gasteiger partial charge is 0.366 e. The SMILES string of the molecule is CC(CCNC1CC(C)(C)Cc2cc(=O)n(C)cc21)c1c(C(N)=O)c[nH]c(=O)c1N1CCCC1=O.